The van der Waals surface area contributed by atoms with E-state index in [1.54, 1.807) is 0 Å². The highest BCUT2D eigenvalue weighted by Gasteiger charge is 3.00. The molecule has 0 spiro atoms. The lowest BCUT2D eigenvalue weighted by Crippen LogP contribution is -2.75. The number of ketones is 1. The molecular formula is C11H9BrO3. The van der Waals surface area contributed by atoms with Gasteiger partial charge in [-0.25, -0.2) is 0 Å². The molecule has 0 saturated heterocycles. The van der Waals surface area contributed by atoms with Crippen molar-refractivity contribution in [2.45, 2.75) is 10.7 Å². The van der Waals surface area contributed by atoms with Crippen molar-refractivity contribution < 1.29 is 14.7 Å². The van der Waals surface area contributed by atoms with Gasteiger partial charge in [-0.2, -0.15) is 0 Å². The van der Waals surface area contributed by atoms with Gasteiger partial charge in [-0.05, 0) is 30.1 Å². The van der Waals surface area contributed by atoms with E-state index in [-0.39, 0.29) is 17.6 Å². The lowest BCUT2D eigenvalue weighted by atomic mass is 9.34. The molecule has 6 fully saturated rings. The molecule has 6 rings (SSSR count). The standard InChI is InChI=1S/C11H9BrO3/c12-11-5-2-1-3-4(5)7(11)10(3,9(14)15)6(2)8(11)13/h2-7H,1H2,(H,14,15). The molecule has 0 aromatic carbocycles. The monoisotopic (exact) mass is 268 g/mol. The zero-order valence-electron chi connectivity index (χ0n) is 7.81. The molecule has 0 aromatic rings. The molecule has 4 bridgehead atoms. The summed E-state index contributed by atoms with van der Waals surface area (Å²) in [6, 6.07) is 0. The molecule has 0 radical (unpaired) electrons. The third-order valence-corrected chi connectivity index (χ3v) is 7.70. The second-order valence-corrected chi connectivity index (χ2v) is 7.25. The van der Waals surface area contributed by atoms with Gasteiger partial charge >= 0.3 is 5.97 Å². The van der Waals surface area contributed by atoms with Crippen molar-refractivity contribution in [2.75, 3.05) is 0 Å². The summed E-state index contributed by atoms with van der Waals surface area (Å²) in [5, 5.41) is 9.48. The lowest BCUT2D eigenvalue weighted by Gasteiger charge is -2.70. The Kier molecular flexibility index (Phi) is 0.844. The second kappa shape index (κ2) is 1.62. The van der Waals surface area contributed by atoms with Crippen LogP contribution in [-0.4, -0.2) is 21.2 Å². The maximum atomic E-state index is 12.2. The van der Waals surface area contributed by atoms with Crippen molar-refractivity contribution in [1.29, 1.82) is 0 Å². The SMILES string of the molecule is O=C1C2C3CC4C5C3C1(Br)C5C42C(=O)O. The Hall–Kier alpha value is -0.380. The van der Waals surface area contributed by atoms with Gasteiger partial charge in [0.25, 0.3) is 0 Å². The van der Waals surface area contributed by atoms with E-state index >= 15 is 0 Å². The van der Waals surface area contributed by atoms with E-state index in [2.05, 4.69) is 15.9 Å². The smallest absolute Gasteiger partial charge is 0.311 e. The Bertz CT molecular complexity index is 474. The van der Waals surface area contributed by atoms with Gasteiger partial charge < -0.3 is 5.11 Å². The number of alkyl halides is 1. The van der Waals surface area contributed by atoms with Gasteiger partial charge in [-0.15, -0.1) is 0 Å². The molecule has 0 aliphatic heterocycles. The minimum Gasteiger partial charge on any atom is -0.481 e. The van der Waals surface area contributed by atoms with E-state index < -0.39 is 15.7 Å². The van der Waals surface area contributed by atoms with Crippen LogP contribution < -0.4 is 0 Å². The Morgan fingerprint density at radius 2 is 2.27 bits per heavy atom. The summed E-state index contributed by atoms with van der Waals surface area (Å²) >= 11 is 3.60. The average Bonchev–Trinajstić information content (AvgIpc) is 2.64. The van der Waals surface area contributed by atoms with Crippen LogP contribution in [0.15, 0.2) is 0 Å². The van der Waals surface area contributed by atoms with Crippen molar-refractivity contribution in [3.05, 3.63) is 0 Å². The summed E-state index contributed by atoms with van der Waals surface area (Å²) in [6.07, 6.45) is 1.00. The minimum atomic E-state index is -0.700. The largest absolute Gasteiger partial charge is 0.481 e. The molecule has 4 heteroatoms. The number of halogens is 1. The highest BCUT2D eigenvalue weighted by atomic mass is 79.9. The summed E-state index contributed by atoms with van der Waals surface area (Å²) in [7, 11) is 0. The average molecular weight is 269 g/mol. The second-order valence-electron chi connectivity index (χ2n) is 5.93. The number of carboxylic acids is 1. The van der Waals surface area contributed by atoms with Crippen molar-refractivity contribution >= 4 is 27.7 Å². The van der Waals surface area contributed by atoms with E-state index in [4.69, 9.17) is 0 Å². The summed E-state index contributed by atoms with van der Waals surface area (Å²) in [5.41, 5.74) is -0.634. The Morgan fingerprint density at radius 3 is 2.87 bits per heavy atom. The molecule has 0 aromatic heterocycles. The normalized spacial score (nSPS) is 74.6. The van der Waals surface area contributed by atoms with E-state index in [0.29, 0.717) is 23.7 Å². The first-order valence-electron chi connectivity index (χ1n) is 5.54. The van der Waals surface area contributed by atoms with Crippen LogP contribution in [-0.2, 0) is 9.59 Å². The number of carboxylic acid groups (broad SMARTS) is 1. The van der Waals surface area contributed by atoms with E-state index in [9.17, 15) is 14.7 Å². The van der Waals surface area contributed by atoms with Gasteiger partial charge in [0.15, 0.2) is 5.78 Å². The molecular weight excluding hydrogens is 260 g/mol. The molecule has 0 amide bonds. The number of Topliss-reactive ketones (excluding diaryl/α,β-unsaturated/α-hetero) is 1. The fourth-order valence-electron chi connectivity index (χ4n) is 6.34. The van der Waals surface area contributed by atoms with Gasteiger partial charge in [0.2, 0.25) is 0 Å². The van der Waals surface area contributed by atoms with Gasteiger partial charge in [0.1, 0.15) is 0 Å². The topological polar surface area (TPSA) is 54.4 Å². The van der Waals surface area contributed by atoms with Crippen LogP contribution in [0.1, 0.15) is 6.42 Å². The lowest BCUT2D eigenvalue weighted by molar-refractivity contribution is -0.234. The Balaban J connectivity index is 1.88. The molecule has 1 N–H and O–H groups in total. The van der Waals surface area contributed by atoms with E-state index in [1.807, 2.05) is 0 Å². The van der Waals surface area contributed by atoms with Crippen molar-refractivity contribution in [3.63, 3.8) is 0 Å². The number of hydrogen-bond acceptors (Lipinski definition) is 2. The molecule has 15 heavy (non-hydrogen) atoms. The van der Waals surface area contributed by atoms with Gasteiger partial charge in [0.05, 0.1) is 9.74 Å². The van der Waals surface area contributed by atoms with Crippen LogP contribution in [0, 0.1) is 40.9 Å². The Labute approximate surface area is 94.3 Å². The van der Waals surface area contributed by atoms with E-state index in [0.717, 1.165) is 6.42 Å². The van der Waals surface area contributed by atoms with Gasteiger partial charge in [0, 0.05) is 11.8 Å². The zero-order chi connectivity index (χ0) is 10.3. The summed E-state index contributed by atoms with van der Waals surface area (Å²) in [5.74, 6) is 1.30. The van der Waals surface area contributed by atoms with E-state index in [1.165, 1.54) is 0 Å². The molecule has 78 valence electrons. The molecule has 6 aliphatic rings. The fraction of sp³-hybridized carbons (Fsp3) is 0.818. The number of carbonyl (C=O) groups excluding carboxylic acids is 1. The van der Waals surface area contributed by atoms with Crippen LogP contribution in [0.5, 0.6) is 0 Å². The van der Waals surface area contributed by atoms with Gasteiger partial charge in [-0.1, -0.05) is 15.9 Å². The van der Waals surface area contributed by atoms with Crippen LogP contribution >= 0.6 is 15.9 Å². The van der Waals surface area contributed by atoms with Crippen molar-refractivity contribution in [3.8, 4) is 0 Å². The molecule has 6 saturated carbocycles. The van der Waals surface area contributed by atoms with Crippen LogP contribution in [0.25, 0.3) is 0 Å². The van der Waals surface area contributed by atoms with Crippen LogP contribution in [0.3, 0.4) is 0 Å². The summed E-state index contributed by atoms with van der Waals surface area (Å²) < 4.78 is -0.404. The first-order chi connectivity index (χ1) is 7.07. The van der Waals surface area contributed by atoms with Gasteiger partial charge in [-0.3, -0.25) is 9.59 Å². The fourth-order valence-corrected chi connectivity index (χ4v) is 7.91. The zero-order valence-corrected chi connectivity index (χ0v) is 9.40. The molecule has 3 nitrogen and oxygen atoms in total. The third-order valence-electron chi connectivity index (χ3n) is 6.29. The maximum absolute atomic E-state index is 12.2. The number of carbonyl (C=O) groups is 2. The molecule has 0 heterocycles. The highest BCUT2D eigenvalue weighted by Crippen LogP contribution is 2.95. The number of aliphatic carboxylic acids is 1. The summed E-state index contributed by atoms with van der Waals surface area (Å²) in [4.78, 5) is 23.7. The maximum Gasteiger partial charge on any atom is 0.311 e. The number of hydrogen-bond donors (Lipinski definition) is 1. The Morgan fingerprint density at radius 1 is 1.53 bits per heavy atom. The molecule has 6 aliphatic carbocycles. The summed E-state index contributed by atoms with van der Waals surface area (Å²) in [6.45, 7) is 0. The van der Waals surface area contributed by atoms with Crippen molar-refractivity contribution in [1.82, 2.24) is 0 Å². The minimum absolute atomic E-state index is 0.133. The predicted molar refractivity (Wildman–Crippen MR) is 52.3 cm³/mol. The molecule has 8 atom stereocenters. The molecule has 8 unspecified atom stereocenters. The third kappa shape index (κ3) is 0.379. The quantitative estimate of drug-likeness (QED) is 0.720. The predicted octanol–water partition coefficient (Wildman–Crippen LogP) is 0.915. The van der Waals surface area contributed by atoms with Crippen molar-refractivity contribution in [2.24, 2.45) is 40.9 Å². The van der Waals surface area contributed by atoms with Crippen LogP contribution in [0.4, 0.5) is 0 Å². The number of rotatable bonds is 1. The first kappa shape index (κ1) is 7.82. The first-order valence-corrected chi connectivity index (χ1v) is 6.33. The van der Waals surface area contributed by atoms with Crippen LogP contribution in [0.2, 0.25) is 0 Å². The highest BCUT2D eigenvalue weighted by molar-refractivity contribution is 9.10.